The van der Waals surface area contributed by atoms with Crippen LogP contribution in [-0.2, 0) is 0 Å². The zero-order chi connectivity index (χ0) is 22.1. The van der Waals surface area contributed by atoms with Gasteiger partial charge in [0.05, 0.1) is 6.04 Å². The number of amides is 2. The summed E-state index contributed by atoms with van der Waals surface area (Å²) < 4.78 is 26.9. The van der Waals surface area contributed by atoms with Crippen molar-refractivity contribution in [2.45, 2.75) is 50.5 Å². The molecule has 3 aliphatic rings. The van der Waals surface area contributed by atoms with Crippen molar-refractivity contribution in [2.24, 2.45) is 5.92 Å². The molecule has 1 N–H and O–H groups in total. The van der Waals surface area contributed by atoms with Gasteiger partial charge in [-0.15, -0.1) is 0 Å². The highest BCUT2D eigenvalue weighted by atomic mass is 19.1. The average molecular weight is 435 g/mol. The number of halogens is 2. The van der Waals surface area contributed by atoms with Crippen LogP contribution in [0.2, 0.25) is 0 Å². The molecule has 5 heteroatoms. The van der Waals surface area contributed by atoms with Crippen LogP contribution < -0.4 is 5.32 Å². The summed E-state index contributed by atoms with van der Waals surface area (Å²) >= 11 is 0. The van der Waals surface area contributed by atoms with Crippen molar-refractivity contribution < 1.29 is 13.6 Å². The quantitative estimate of drug-likeness (QED) is 0.561. The van der Waals surface area contributed by atoms with Crippen LogP contribution in [0.5, 0.6) is 0 Å². The highest BCUT2D eigenvalue weighted by molar-refractivity contribution is 5.90. The molecule has 2 fully saturated rings. The van der Waals surface area contributed by atoms with E-state index in [9.17, 15) is 13.6 Å². The van der Waals surface area contributed by atoms with Crippen LogP contribution >= 0.6 is 0 Å². The van der Waals surface area contributed by atoms with Crippen molar-refractivity contribution >= 4 is 17.3 Å². The Balaban J connectivity index is 1.25. The lowest BCUT2D eigenvalue weighted by molar-refractivity contribution is 0.212. The number of carbonyl (C=O) groups is 1. The van der Waals surface area contributed by atoms with Crippen LogP contribution in [0.4, 0.5) is 19.3 Å². The molecule has 1 saturated carbocycles. The van der Waals surface area contributed by atoms with Crippen LogP contribution in [0.15, 0.2) is 60.7 Å². The van der Waals surface area contributed by atoms with Gasteiger partial charge in [0.25, 0.3) is 0 Å². The minimum atomic E-state index is -0.709. The number of fused-ring (bicyclic) bond motifs is 1. The Morgan fingerprint density at radius 2 is 1.66 bits per heavy atom. The first-order valence-corrected chi connectivity index (χ1v) is 11.6. The van der Waals surface area contributed by atoms with Crippen LogP contribution in [0, 0.1) is 17.6 Å². The molecule has 3 nitrogen and oxygen atoms in total. The molecule has 166 valence electrons. The SMILES string of the molecule is O=C(Nc1cc(F)cc(F)c1)N1CCC2C=C(c3ccc(C4CCCCC4)cc3)C=CC21. The predicted molar refractivity (Wildman–Crippen MR) is 123 cm³/mol. The number of anilines is 1. The average Bonchev–Trinajstić information content (AvgIpc) is 3.22. The van der Waals surface area contributed by atoms with Gasteiger partial charge in [0.15, 0.2) is 0 Å². The van der Waals surface area contributed by atoms with E-state index in [1.807, 2.05) is 0 Å². The Morgan fingerprint density at radius 1 is 0.938 bits per heavy atom. The molecule has 0 spiro atoms. The van der Waals surface area contributed by atoms with Gasteiger partial charge >= 0.3 is 6.03 Å². The van der Waals surface area contributed by atoms with E-state index >= 15 is 0 Å². The molecular formula is C27H28F2N2O. The molecule has 1 heterocycles. The molecule has 0 radical (unpaired) electrons. The van der Waals surface area contributed by atoms with Crippen molar-refractivity contribution in [2.75, 3.05) is 11.9 Å². The zero-order valence-electron chi connectivity index (χ0n) is 18.1. The smallest absolute Gasteiger partial charge is 0.317 e. The number of rotatable bonds is 3. The second kappa shape index (κ2) is 8.89. The highest BCUT2D eigenvalue weighted by Crippen LogP contribution is 2.36. The zero-order valence-corrected chi connectivity index (χ0v) is 18.1. The van der Waals surface area contributed by atoms with Crippen molar-refractivity contribution in [1.29, 1.82) is 0 Å². The maximum atomic E-state index is 13.4. The van der Waals surface area contributed by atoms with E-state index in [0.29, 0.717) is 12.5 Å². The van der Waals surface area contributed by atoms with E-state index < -0.39 is 11.6 Å². The number of likely N-dealkylation sites (tertiary alicyclic amines) is 1. The number of nitrogens with one attached hydrogen (secondary N) is 1. The summed E-state index contributed by atoms with van der Waals surface area (Å²) in [5.41, 5.74) is 3.97. The van der Waals surface area contributed by atoms with Gasteiger partial charge in [0.1, 0.15) is 11.6 Å². The Labute approximate surface area is 187 Å². The number of benzene rings is 2. The highest BCUT2D eigenvalue weighted by Gasteiger charge is 2.36. The number of nitrogens with zero attached hydrogens (tertiary/aromatic N) is 1. The normalized spacial score (nSPS) is 23.1. The Kier molecular flexibility index (Phi) is 5.81. The van der Waals surface area contributed by atoms with Crippen LogP contribution in [-0.4, -0.2) is 23.5 Å². The van der Waals surface area contributed by atoms with E-state index in [2.05, 4.69) is 47.8 Å². The molecule has 2 unspecified atom stereocenters. The number of allylic oxidation sites excluding steroid dienone is 2. The maximum Gasteiger partial charge on any atom is 0.322 e. The van der Waals surface area contributed by atoms with E-state index in [-0.39, 0.29) is 23.7 Å². The molecule has 32 heavy (non-hydrogen) atoms. The lowest BCUT2D eigenvalue weighted by Crippen LogP contribution is -2.40. The maximum absolute atomic E-state index is 13.4. The second-order valence-corrected chi connectivity index (χ2v) is 9.16. The fourth-order valence-electron chi connectivity index (χ4n) is 5.39. The number of urea groups is 1. The third kappa shape index (κ3) is 4.34. The fraction of sp³-hybridized carbons (Fsp3) is 0.370. The topological polar surface area (TPSA) is 32.3 Å². The second-order valence-electron chi connectivity index (χ2n) is 9.16. The van der Waals surface area contributed by atoms with Gasteiger partial charge in [-0.2, -0.15) is 0 Å². The van der Waals surface area contributed by atoms with Crippen LogP contribution in [0.25, 0.3) is 5.57 Å². The van der Waals surface area contributed by atoms with Crippen molar-refractivity contribution in [3.63, 3.8) is 0 Å². The summed E-state index contributed by atoms with van der Waals surface area (Å²) in [6, 6.07) is 11.7. The number of hydrogen-bond acceptors (Lipinski definition) is 1. The first-order valence-electron chi connectivity index (χ1n) is 11.6. The number of carbonyl (C=O) groups excluding carboxylic acids is 1. The van der Waals surface area contributed by atoms with Crippen LogP contribution in [0.3, 0.4) is 0 Å². The first kappa shape index (κ1) is 20.9. The van der Waals surface area contributed by atoms with E-state index in [1.54, 1.807) is 4.90 Å². The Bertz CT molecular complexity index is 1030. The molecule has 0 aromatic heterocycles. The third-order valence-corrected chi connectivity index (χ3v) is 7.06. The monoisotopic (exact) mass is 434 g/mol. The fourth-order valence-corrected chi connectivity index (χ4v) is 5.39. The minimum Gasteiger partial charge on any atom is -0.317 e. The van der Waals surface area contributed by atoms with Gasteiger partial charge in [-0.25, -0.2) is 13.6 Å². The molecule has 5 rings (SSSR count). The molecule has 2 atom stereocenters. The van der Waals surface area contributed by atoms with Gasteiger partial charge in [0, 0.05) is 24.2 Å². The van der Waals surface area contributed by atoms with Crippen molar-refractivity contribution in [1.82, 2.24) is 4.90 Å². The van der Waals surface area contributed by atoms with Gasteiger partial charge < -0.3 is 10.2 Å². The summed E-state index contributed by atoms with van der Waals surface area (Å²) in [5.74, 6) is -0.479. The molecular weight excluding hydrogens is 406 g/mol. The summed E-state index contributed by atoms with van der Waals surface area (Å²) in [6.07, 6.45) is 13.9. The predicted octanol–water partition coefficient (Wildman–Crippen LogP) is 6.89. The summed E-state index contributed by atoms with van der Waals surface area (Å²) in [7, 11) is 0. The lowest BCUT2D eigenvalue weighted by Gasteiger charge is -2.27. The minimum absolute atomic E-state index is 0.0429. The molecule has 2 aliphatic carbocycles. The van der Waals surface area contributed by atoms with E-state index in [0.717, 1.165) is 24.6 Å². The van der Waals surface area contributed by atoms with Gasteiger partial charge in [0.2, 0.25) is 0 Å². The molecule has 1 aliphatic heterocycles. The number of hydrogen-bond donors (Lipinski definition) is 1. The molecule has 0 bridgehead atoms. The largest absolute Gasteiger partial charge is 0.322 e. The molecule has 2 aromatic carbocycles. The summed E-state index contributed by atoms with van der Waals surface area (Å²) in [6.45, 7) is 0.605. The molecule has 2 amide bonds. The van der Waals surface area contributed by atoms with Crippen molar-refractivity contribution in [3.05, 3.63) is 83.5 Å². The lowest BCUT2D eigenvalue weighted by atomic mass is 9.83. The molecule has 2 aromatic rings. The van der Waals surface area contributed by atoms with Crippen LogP contribution in [0.1, 0.15) is 55.6 Å². The van der Waals surface area contributed by atoms with Crippen molar-refractivity contribution in [3.8, 4) is 0 Å². The Morgan fingerprint density at radius 3 is 2.38 bits per heavy atom. The van der Waals surface area contributed by atoms with Gasteiger partial charge in [-0.05, 0) is 54.0 Å². The van der Waals surface area contributed by atoms with Gasteiger partial charge in [-0.1, -0.05) is 61.8 Å². The Hall–Kier alpha value is -2.95. The third-order valence-electron chi connectivity index (χ3n) is 7.06. The summed E-state index contributed by atoms with van der Waals surface area (Å²) in [4.78, 5) is 14.5. The van der Waals surface area contributed by atoms with E-state index in [1.165, 1.54) is 48.8 Å². The van der Waals surface area contributed by atoms with E-state index in [4.69, 9.17) is 0 Å². The van der Waals surface area contributed by atoms with Gasteiger partial charge in [-0.3, -0.25) is 0 Å². The first-order chi connectivity index (χ1) is 15.6. The summed E-state index contributed by atoms with van der Waals surface area (Å²) in [5, 5.41) is 2.63. The molecule has 1 saturated heterocycles. The standard InChI is InChI=1S/C27H28F2N2O/c28-23-15-24(29)17-25(16-23)30-27(32)31-13-12-22-14-21(10-11-26(22)31)20-8-6-19(7-9-20)18-4-2-1-3-5-18/h6-11,14-18,22,26H,1-5,12-13H2,(H,30,32).